The number of aryl methyl sites for hydroxylation is 1. The molecule has 0 radical (unpaired) electrons. The Morgan fingerprint density at radius 3 is 2.65 bits per heavy atom. The molecular formula is C13H16F3N3O3S. The number of rotatable bonds is 4. The molecule has 0 aliphatic carbocycles. The van der Waals surface area contributed by atoms with Gasteiger partial charge in [-0.3, -0.25) is 4.79 Å². The van der Waals surface area contributed by atoms with E-state index in [9.17, 15) is 22.8 Å². The second-order valence-corrected chi connectivity index (χ2v) is 6.43. The van der Waals surface area contributed by atoms with Crippen LogP contribution in [0.1, 0.15) is 16.8 Å². The number of amides is 2. The summed E-state index contributed by atoms with van der Waals surface area (Å²) in [5, 5.41) is 12.1. The lowest BCUT2D eigenvalue weighted by molar-refractivity contribution is -0.187. The van der Waals surface area contributed by atoms with Crippen molar-refractivity contribution in [2.75, 3.05) is 13.1 Å². The summed E-state index contributed by atoms with van der Waals surface area (Å²) < 4.78 is 38.6. The molecule has 1 aliphatic heterocycles. The molecule has 1 aromatic heterocycles. The third-order valence-corrected chi connectivity index (χ3v) is 4.83. The normalized spacial score (nSPS) is 21.5. The Morgan fingerprint density at radius 2 is 2.17 bits per heavy atom. The average Bonchev–Trinajstić information content (AvgIpc) is 3.10. The van der Waals surface area contributed by atoms with Crippen molar-refractivity contribution in [3.05, 3.63) is 16.1 Å². The van der Waals surface area contributed by atoms with E-state index in [4.69, 9.17) is 5.11 Å². The predicted molar refractivity (Wildman–Crippen MR) is 76.0 cm³/mol. The van der Waals surface area contributed by atoms with Gasteiger partial charge in [-0.2, -0.15) is 13.2 Å². The molecular weight excluding hydrogens is 335 g/mol. The van der Waals surface area contributed by atoms with Crippen LogP contribution >= 0.6 is 11.3 Å². The number of likely N-dealkylation sites (tertiary alicyclic amines) is 1. The van der Waals surface area contributed by atoms with E-state index in [1.807, 2.05) is 6.92 Å². The summed E-state index contributed by atoms with van der Waals surface area (Å²) in [7, 11) is 0. The standard InChI is InChI=1S/C13H16F3N3O3S/c1-2-7-3-17-10(23-7)4-18-12(22)19-5-8(11(20)21)9(6-19)13(14,15)16/h3,8-9H,2,4-6H2,1H3,(H,18,22)(H,20,21)/t8-,9-/m1/s1. The van der Waals surface area contributed by atoms with E-state index in [0.717, 1.165) is 16.2 Å². The molecule has 2 atom stereocenters. The molecule has 2 amide bonds. The zero-order valence-electron chi connectivity index (χ0n) is 12.3. The van der Waals surface area contributed by atoms with Crippen molar-refractivity contribution in [3.8, 4) is 0 Å². The second kappa shape index (κ2) is 6.73. The van der Waals surface area contributed by atoms with E-state index >= 15 is 0 Å². The van der Waals surface area contributed by atoms with Crippen molar-refractivity contribution in [2.24, 2.45) is 11.8 Å². The summed E-state index contributed by atoms with van der Waals surface area (Å²) in [5.74, 6) is -5.22. The van der Waals surface area contributed by atoms with Crippen LogP contribution in [0.25, 0.3) is 0 Å². The van der Waals surface area contributed by atoms with Gasteiger partial charge in [0.05, 0.1) is 18.4 Å². The van der Waals surface area contributed by atoms with Crippen LogP contribution in [0.2, 0.25) is 0 Å². The minimum Gasteiger partial charge on any atom is -0.481 e. The minimum atomic E-state index is -4.65. The van der Waals surface area contributed by atoms with Crippen molar-refractivity contribution in [1.82, 2.24) is 15.2 Å². The Kier molecular flexibility index (Phi) is 5.12. The number of carbonyl (C=O) groups excluding carboxylic acids is 1. The summed E-state index contributed by atoms with van der Waals surface area (Å²) in [6.45, 7) is 0.964. The van der Waals surface area contributed by atoms with Crippen molar-refractivity contribution in [2.45, 2.75) is 26.1 Å². The van der Waals surface area contributed by atoms with Crippen LogP contribution < -0.4 is 5.32 Å². The third-order valence-electron chi connectivity index (χ3n) is 3.69. The SMILES string of the molecule is CCc1cnc(CNC(=O)N2C[C@@H](C(F)(F)F)[C@H](C(=O)O)C2)s1. The zero-order chi connectivity index (χ0) is 17.2. The summed E-state index contributed by atoms with van der Waals surface area (Å²) >= 11 is 1.41. The molecule has 2 rings (SSSR count). The van der Waals surface area contributed by atoms with E-state index in [1.54, 1.807) is 6.20 Å². The number of alkyl halides is 3. The Hall–Kier alpha value is -1.84. The van der Waals surface area contributed by atoms with Crippen LogP contribution in [0.4, 0.5) is 18.0 Å². The van der Waals surface area contributed by atoms with Gasteiger partial charge in [-0.15, -0.1) is 11.3 Å². The molecule has 10 heteroatoms. The van der Waals surface area contributed by atoms with Crippen LogP contribution in [0, 0.1) is 11.8 Å². The van der Waals surface area contributed by atoms with Gasteiger partial charge in [-0.1, -0.05) is 6.92 Å². The maximum atomic E-state index is 12.9. The molecule has 0 spiro atoms. The van der Waals surface area contributed by atoms with Crippen molar-refractivity contribution in [1.29, 1.82) is 0 Å². The van der Waals surface area contributed by atoms with Crippen LogP contribution in [-0.2, 0) is 17.8 Å². The summed E-state index contributed by atoms with van der Waals surface area (Å²) in [4.78, 5) is 29.0. The number of urea groups is 1. The molecule has 1 fully saturated rings. The van der Waals surface area contributed by atoms with Gasteiger partial charge in [0.2, 0.25) is 0 Å². The summed E-state index contributed by atoms with van der Waals surface area (Å²) in [6, 6.07) is -0.712. The minimum absolute atomic E-state index is 0.106. The van der Waals surface area contributed by atoms with Gasteiger partial charge in [0.25, 0.3) is 0 Å². The molecule has 1 aliphatic rings. The second-order valence-electron chi connectivity index (χ2n) is 5.23. The number of nitrogens with one attached hydrogen (secondary N) is 1. The molecule has 1 saturated heterocycles. The Balaban J connectivity index is 1.96. The van der Waals surface area contributed by atoms with E-state index in [-0.39, 0.29) is 6.54 Å². The molecule has 2 heterocycles. The number of nitrogens with zero attached hydrogens (tertiary/aromatic N) is 2. The van der Waals surface area contributed by atoms with Crippen LogP contribution in [0.15, 0.2) is 6.20 Å². The van der Waals surface area contributed by atoms with Gasteiger partial charge in [-0.05, 0) is 6.42 Å². The number of thiazole rings is 1. The van der Waals surface area contributed by atoms with E-state index in [2.05, 4.69) is 10.3 Å². The van der Waals surface area contributed by atoms with Crippen molar-refractivity contribution < 1.29 is 27.9 Å². The van der Waals surface area contributed by atoms with Crippen LogP contribution in [0.3, 0.4) is 0 Å². The molecule has 0 bridgehead atoms. The first-order valence-corrected chi connectivity index (χ1v) is 7.80. The highest BCUT2D eigenvalue weighted by molar-refractivity contribution is 7.11. The number of halogens is 3. The average molecular weight is 351 g/mol. The molecule has 2 N–H and O–H groups in total. The summed E-state index contributed by atoms with van der Waals surface area (Å²) in [5.41, 5.74) is 0. The number of hydrogen-bond donors (Lipinski definition) is 2. The van der Waals surface area contributed by atoms with Crippen molar-refractivity contribution in [3.63, 3.8) is 0 Å². The lowest BCUT2D eigenvalue weighted by Crippen LogP contribution is -2.39. The lowest BCUT2D eigenvalue weighted by atomic mass is 9.96. The van der Waals surface area contributed by atoms with Crippen molar-refractivity contribution >= 4 is 23.3 Å². The van der Waals surface area contributed by atoms with E-state index in [0.29, 0.717) is 5.01 Å². The monoisotopic (exact) mass is 351 g/mol. The van der Waals surface area contributed by atoms with Gasteiger partial charge < -0.3 is 15.3 Å². The number of carboxylic acid groups (broad SMARTS) is 1. The largest absolute Gasteiger partial charge is 0.481 e. The molecule has 6 nitrogen and oxygen atoms in total. The Morgan fingerprint density at radius 1 is 1.48 bits per heavy atom. The first kappa shape index (κ1) is 17.5. The number of carboxylic acids is 1. The summed E-state index contributed by atoms with van der Waals surface area (Å²) in [6.07, 6.45) is -2.16. The molecule has 1 aromatic rings. The van der Waals surface area contributed by atoms with Gasteiger partial charge in [-0.25, -0.2) is 9.78 Å². The quantitative estimate of drug-likeness (QED) is 0.870. The highest BCUT2D eigenvalue weighted by atomic mass is 32.1. The lowest BCUT2D eigenvalue weighted by Gasteiger charge is -2.18. The Labute approximate surface area is 134 Å². The molecule has 0 saturated carbocycles. The third kappa shape index (κ3) is 4.12. The van der Waals surface area contributed by atoms with Gasteiger partial charge in [0.15, 0.2) is 0 Å². The predicted octanol–water partition coefficient (Wildman–Crippen LogP) is 2.11. The topological polar surface area (TPSA) is 82.5 Å². The van der Waals surface area contributed by atoms with Crippen LogP contribution in [-0.4, -0.2) is 46.3 Å². The van der Waals surface area contributed by atoms with Gasteiger partial charge >= 0.3 is 18.2 Å². The zero-order valence-corrected chi connectivity index (χ0v) is 13.1. The fraction of sp³-hybridized carbons (Fsp3) is 0.615. The van der Waals surface area contributed by atoms with Gasteiger partial charge in [0, 0.05) is 24.2 Å². The molecule has 0 aromatic carbocycles. The smallest absolute Gasteiger partial charge is 0.394 e. The van der Waals surface area contributed by atoms with E-state index in [1.165, 1.54) is 11.3 Å². The maximum Gasteiger partial charge on any atom is 0.394 e. The number of hydrogen-bond acceptors (Lipinski definition) is 4. The highest BCUT2D eigenvalue weighted by Crippen LogP contribution is 2.37. The molecule has 0 unspecified atom stereocenters. The maximum absolute atomic E-state index is 12.9. The Bertz CT molecular complexity index is 591. The van der Waals surface area contributed by atoms with Gasteiger partial charge in [0.1, 0.15) is 5.01 Å². The fourth-order valence-electron chi connectivity index (χ4n) is 2.41. The number of aromatic nitrogens is 1. The molecule has 128 valence electrons. The number of carbonyl (C=O) groups is 2. The molecule has 23 heavy (non-hydrogen) atoms. The number of aliphatic carboxylic acids is 1. The van der Waals surface area contributed by atoms with Crippen LogP contribution in [0.5, 0.6) is 0 Å². The highest BCUT2D eigenvalue weighted by Gasteiger charge is 2.53. The fourth-order valence-corrected chi connectivity index (χ4v) is 3.21. The first-order valence-electron chi connectivity index (χ1n) is 6.98. The first-order chi connectivity index (χ1) is 10.7. The van der Waals surface area contributed by atoms with E-state index < -0.39 is 43.1 Å².